The van der Waals surface area contributed by atoms with E-state index in [2.05, 4.69) is 9.69 Å². The molecule has 1 amide bonds. The zero-order valence-corrected chi connectivity index (χ0v) is 12.4. The fourth-order valence-electron chi connectivity index (χ4n) is 2.08. The monoisotopic (exact) mass is 318 g/mol. The predicted molar refractivity (Wildman–Crippen MR) is 81.3 cm³/mol. The molecule has 22 heavy (non-hydrogen) atoms. The number of nitrogens with one attached hydrogen (secondary N) is 1. The highest BCUT2D eigenvalue weighted by atomic mass is 32.1. The van der Waals surface area contributed by atoms with Gasteiger partial charge in [-0.15, -0.1) is 0 Å². The van der Waals surface area contributed by atoms with E-state index in [9.17, 15) is 14.7 Å². The minimum absolute atomic E-state index is 0.0872. The smallest absolute Gasteiger partial charge is 0.412 e. The van der Waals surface area contributed by atoms with Gasteiger partial charge in [0.15, 0.2) is 0 Å². The Morgan fingerprint density at radius 3 is 2.68 bits per heavy atom. The van der Waals surface area contributed by atoms with Crippen LogP contribution in [0.2, 0.25) is 0 Å². The first kappa shape index (κ1) is 14.5. The number of amides is 1. The molecule has 1 saturated carbocycles. The van der Waals surface area contributed by atoms with Crippen LogP contribution < -0.4 is 5.32 Å². The van der Waals surface area contributed by atoms with Crippen LogP contribution in [0, 0.1) is 0 Å². The molecule has 114 valence electrons. The van der Waals surface area contributed by atoms with Gasteiger partial charge in [0, 0.05) is 5.92 Å². The average molecular weight is 318 g/mol. The number of anilines is 1. The lowest BCUT2D eigenvalue weighted by Gasteiger charge is -2.06. The van der Waals surface area contributed by atoms with Crippen LogP contribution in [0.3, 0.4) is 0 Å². The third kappa shape index (κ3) is 3.25. The van der Waals surface area contributed by atoms with Crippen molar-refractivity contribution in [2.45, 2.75) is 25.4 Å². The molecule has 2 N–H and O–H groups in total. The van der Waals surface area contributed by atoms with Crippen molar-refractivity contribution < 1.29 is 19.4 Å². The number of ether oxygens (including phenoxy) is 1. The van der Waals surface area contributed by atoms with Crippen LogP contribution in [0.15, 0.2) is 30.3 Å². The highest BCUT2D eigenvalue weighted by Crippen LogP contribution is 2.44. The van der Waals surface area contributed by atoms with E-state index < -0.39 is 12.1 Å². The van der Waals surface area contributed by atoms with Crippen molar-refractivity contribution in [3.05, 3.63) is 47.2 Å². The van der Waals surface area contributed by atoms with Gasteiger partial charge in [0.2, 0.25) is 0 Å². The molecule has 1 fully saturated rings. The third-order valence-electron chi connectivity index (χ3n) is 3.32. The molecule has 0 unspecified atom stereocenters. The lowest BCUT2D eigenvalue weighted by Crippen LogP contribution is -2.15. The Morgan fingerprint density at radius 1 is 1.32 bits per heavy atom. The molecule has 6 nitrogen and oxygen atoms in total. The van der Waals surface area contributed by atoms with Crippen molar-refractivity contribution in [2.75, 3.05) is 5.32 Å². The highest BCUT2D eigenvalue weighted by Gasteiger charge is 2.33. The fraction of sp³-hybridized carbons (Fsp3) is 0.267. The summed E-state index contributed by atoms with van der Waals surface area (Å²) in [6.45, 7) is 0.128. The van der Waals surface area contributed by atoms with Gasteiger partial charge in [-0.25, -0.2) is 9.59 Å². The minimum atomic E-state index is -1.07. The Balaban J connectivity index is 1.65. The second-order valence-electron chi connectivity index (χ2n) is 5.04. The van der Waals surface area contributed by atoms with Gasteiger partial charge in [0.25, 0.3) is 0 Å². The molecular formula is C15H14N2O4S. The SMILES string of the molecule is O=C(Nc1snc(C2CC2)c1C(=O)O)OCc1ccccc1. The lowest BCUT2D eigenvalue weighted by molar-refractivity contribution is 0.0697. The number of nitrogens with zero attached hydrogens (tertiary/aromatic N) is 1. The van der Waals surface area contributed by atoms with Gasteiger partial charge >= 0.3 is 12.1 Å². The van der Waals surface area contributed by atoms with Crippen molar-refractivity contribution >= 4 is 28.6 Å². The van der Waals surface area contributed by atoms with Crippen molar-refractivity contribution in [1.29, 1.82) is 0 Å². The van der Waals surface area contributed by atoms with Crippen molar-refractivity contribution in [2.24, 2.45) is 0 Å². The number of carboxylic acids is 1. The predicted octanol–water partition coefficient (Wildman–Crippen LogP) is 3.47. The second-order valence-corrected chi connectivity index (χ2v) is 5.81. The topological polar surface area (TPSA) is 88.5 Å². The van der Waals surface area contributed by atoms with Crippen LogP contribution >= 0.6 is 11.5 Å². The number of benzene rings is 1. The summed E-state index contributed by atoms with van der Waals surface area (Å²) in [6, 6.07) is 9.26. The summed E-state index contributed by atoms with van der Waals surface area (Å²) in [6.07, 6.45) is 1.21. The van der Waals surface area contributed by atoms with E-state index in [1.165, 1.54) is 0 Å². The molecule has 0 atom stereocenters. The van der Waals surface area contributed by atoms with Gasteiger partial charge in [0.1, 0.15) is 17.2 Å². The molecule has 1 heterocycles. The summed E-state index contributed by atoms with van der Waals surface area (Å²) < 4.78 is 9.25. The highest BCUT2D eigenvalue weighted by molar-refractivity contribution is 7.11. The third-order valence-corrected chi connectivity index (χ3v) is 4.10. The van der Waals surface area contributed by atoms with Crippen LogP contribution in [0.1, 0.15) is 40.4 Å². The van der Waals surface area contributed by atoms with Crippen LogP contribution in [-0.2, 0) is 11.3 Å². The fourth-order valence-corrected chi connectivity index (χ4v) is 2.92. The Labute approximate surface area is 130 Å². The molecular weight excluding hydrogens is 304 g/mol. The standard InChI is InChI=1S/C15H14N2O4S/c18-14(19)11-12(10-6-7-10)17-22-13(11)16-15(20)21-8-9-4-2-1-3-5-9/h1-5,10H,6-8H2,(H,16,20)(H,18,19). The van der Waals surface area contributed by atoms with E-state index in [1.54, 1.807) is 0 Å². The van der Waals surface area contributed by atoms with Crippen LogP contribution in [-0.4, -0.2) is 21.5 Å². The normalized spacial score (nSPS) is 13.6. The first-order valence-electron chi connectivity index (χ1n) is 6.85. The van der Waals surface area contributed by atoms with E-state index in [0.29, 0.717) is 5.69 Å². The van der Waals surface area contributed by atoms with Crippen LogP contribution in [0.25, 0.3) is 0 Å². The minimum Gasteiger partial charge on any atom is -0.478 e. The van der Waals surface area contributed by atoms with E-state index in [4.69, 9.17) is 4.74 Å². The van der Waals surface area contributed by atoms with Crippen LogP contribution in [0.4, 0.5) is 9.80 Å². The van der Waals surface area contributed by atoms with Crippen molar-refractivity contribution in [3.63, 3.8) is 0 Å². The molecule has 0 saturated heterocycles. The van der Waals surface area contributed by atoms with E-state index in [0.717, 1.165) is 29.9 Å². The number of aromatic carboxylic acids is 1. The maximum Gasteiger partial charge on any atom is 0.412 e. The molecule has 1 aliphatic carbocycles. The molecule has 3 rings (SSSR count). The number of aromatic nitrogens is 1. The quantitative estimate of drug-likeness (QED) is 0.881. The van der Waals surface area contributed by atoms with Gasteiger partial charge in [-0.1, -0.05) is 30.3 Å². The maximum absolute atomic E-state index is 11.8. The van der Waals surface area contributed by atoms with E-state index in [-0.39, 0.29) is 23.1 Å². The van der Waals surface area contributed by atoms with Crippen LogP contribution in [0.5, 0.6) is 0 Å². The average Bonchev–Trinajstić information content (AvgIpc) is 3.27. The molecule has 0 bridgehead atoms. The summed E-state index contributed by atoms with van der Waals surface area (Å²) in [5, 5.41) is 12.0. The number of hydrogen-bond donors (Lipinski definition) is 2. The number of carboxylic acid groups (broad SMARTS) is 1. The lowest BCUT2D eigenvalue weighted by atomic mass is 10.2. The molecule has 0 radical (unpaired) electrons. The van der Waals surface area contributed by atoms with Gasteiger partial charge in [-0.05, 0) is 29.9 Å². The number of hydrogen-bond acceptors (Lipinski definition) is 5. The van der Waals surface area contributed by atoms with Gasteiger partial charge < -0.3 is 9.84 Å². The molecule has 1 aliphatic rings. The summed E-state index contributed by atoms with van der Waals surface area (Å²) in [4.78, 5) is 23.2. The Morgan fingerprint density at radius 2 is 2.05 bits per heavy atom. The number of carbonyl (C=O) groups is 2. The Hall–Kier alpha value is -2.41. The molecule has 7 heteroatoms. The van der Waals surface area contributed by atoms with Gasteiger partial charge in [-0.3, -0.25) is 5.32 Å². The first-order valence-corrected chi connectivity index (χ1v) is 7.63. The molecule has 0 aliphatic heterocycles. The van der Waals surface area contributed by atoms with E-state index in [1.807, 2.05) is 30.3 Å². The Kier molecular flexibility index (Phi) is 4.06. The van der Waals surface area contributed by atoms with E-state index >= 15 is 0 Å². The first-order chi connectivity index (χ1) is 10.6. The number of rotatable bonds is 5. The zero-order chi connectivity index (χ0) is 15.5. The largest absolute Gasteiger partial charge is 0.478 e. The molecule has 0 spiro atoms. The Bertz CT molecular complexity index is 695. The zero-order valence-electron chi connectivity index (χ0n) is 11.6. The second kappa shape index (κ2) is 6.15. The van der Waals surface area contributed by atoms with Crippen molar-refractivity contribution in [3.8, 4) is 0 Å². The summed E-state index contributed by atoms with van der Waals surface area (Å²) in [7, 11) is 0. The van der Waals surface area contributed by atoms with Gasteiger partial charge in [0.05, 0.1) is 5.69 Å². The molecule has 1 aromatic carbocycles. The maximum atomic E-state index is 11.8. The molecule has 2 aromatic rings. The van der Waals surface area contributed by atoms with Crippen molar-refractivity contribution in [1.82, 2.24) is 4.37 Å². The summed E-state index contributed by atoms with van der Waals surface area (Å²) >= 11 is 0.980. The number of carbonyl (C=O) groups excluding carboxylic acids is 1. The molecule has 1 aromatic heterocycles. The summed E-state index contributed by atoms with van der Waals surface area (Å²) in [5.41, 5.74) is 1.51. The summed E-state index contributed by atoms with van der Waals surface area (Å²) in [5.74, 6) is -0.868. The van der Waals surface area contributed by atoms with Gasteiger partial charge in [-0.2, -0.15) is 4.37 Å².